The number of piperazine rings is 1. The first-order chi connectivity index (χ1) is 14.2. The lowest BCUT2D eigenvalue weighted by Crippen LogP contribution is -2.51. The van der Waals surface area contributed by atoms with Crippen molar-refractivity contribution in [3.8, 4) is 10.6 Å². The van der Waals surface area contributed by atoms with E-state index in [9.17, 15) is 4.79 Å². The molecule has 150 valence electrons. The summed E-state index contributed by atoms with van der Waals surface area (Å²) in [6, 6.07) is 4.23. The van der Waals surface area contributed by atoms with Crippen LogP contribution in [0.1, 0.15) is 23.4 Å². The summed E-state index contributed by atoms with van der Waals surface area (Å²) in [6.07, 6.45) is 12.8. The Labute approximate surface area is 175 Å². The highest BCUT2D eigenvalue weighted by Gasteiger charge is 2.26. The van der Waals surface area contributed by atoms with Gasteiger partial charge in [-0.05, 0) is 44.2 Å². The van der Waals surface area contributed by atoms with Crippen LogP contribution in [0.25, 0.3) is 22.7 Å². The number of fused-ring (bicyclic) bond motifs is 1. The van der Waals surface area contributed by atoms with Crippen molar-refractivity contribution in [1.29, 1.82) is 0 Å². The fraction of sp³-hybridized carbons (Fsp3) is 0.409. The number of rotatable bonds is 3. The zero-order chi connectivity index (χ0) is 19.8. The average Bonchev–Trinajstić information content (AvgIpc) is 3.36. The maximum atomic E-state index is 12.4. The minimum absolute atomic E-state index is 0.00228. The molecule has 29 heavy (non-hydrogen) atoms. The predicted octanol–water partition coefficient (Wildman–Crippen LogP) is 2.99. The van der Waals surface area contributed by atoms with Gasteiger partial charge in [0, 0.05) is 37.9 Å². The largest absolute Gasteiger partial charge is 0.357 e. The van der Waals surface area contributed by atoms with Crippen molar-refractivity contribution in [2.75, 3.05) is 44.7 Å². The lowest BCUT2D eigenvalue weighted by atomic mass is 10.2. The Morgan fingerprint density at radius 1 is 1.07 bits per heavy atom. The Hall–Kier alpha value is -2.51. The van der Waals surface area contributed by atoms with E-state index in [1.165, 1.54) is 12.8 Å². The van der Waals surface area contributed by atoms with Crippen LogP contribution in [0.2, 0.25) is 0 Å². The van der Waals surface area contributed by atoms with E-state index in [0.29, 0.717) is 6.54 Å². The van der Waals surface area contributed by atoms with Gasteiger partial charge in [-0.2, -0.15) is 0 Å². The van der Waals surface area contributed by atoms with E-state index in [4.69, 9.17) is 4.98 Å². The Bertz CT molecular complexity index is 927. The van der Waals surface area contributed by atoms with Gasteiger partial charge in [0.1, 0.15) is 10.8 Å². The summed E-state index contributed by atoms with van der Waals surface area (Å²) < 4.78 is 0. The van der Waals surface area contributed by atoms with Crippen molar-refractivity contribution >= 4 is 35.2 Å². The molecule has 2 aromatic rings. The van der Waals surface area contributed by atoms with Crippen LogP contribution in [0.5, 0.6) is 0 Å². The molecule has 2 aromatic heterocycles. The topological polar surface area (TPSA) is 52.6 Å². The van der Waals surface area contributed by atoms with E-state index in [1.807, 2.05) is 18.1 Å². The Balaban J connectivity index is 1.33. The van der Waals surface area contributed by atoms with Crippen LogP contribution in [0.3, 0.4) is 0 Å². The molecule has 1 amide bonds. The summed E-state index contributed by atoms with van der Waals surface area (Å²) in [6.45, 7) is 4.36. The van der Waals surface area contributed by atoms with Gasteiger partial charge in [0.15, 0.2) is 0 Å². The molecule has 1 atom stereocenters. The summed E-state index contributed by atoms with van der Waals surface area (Å²) in [7, 11) is 1.99. The molecule has 5 rings (SSSR count). The van der Waals surface area contributed by atoms with E-state index in [1.54, 1.807) is 11.3 Å². The van der Waals surface area contributed by atoms with Crippen LogP contribution in [0.4, 0.5) is 5.82 Å². The molecule has 0 saturated carbocycles. The van der Waals surface area contributed by atoms with Gasteiger partial charge in [-0.25, -0.2) is 9.97 Å². The molecule has 4 heterocycles. The van der Waals surface area contributed by atoms with Crippen molar-refractivity contribution in [2.45, 2.75) is 18.9 Å². The third kappa shape index (κ3) is 3.72. The zero-order valence-electron chi connectivity index (χ0n) is 16.6. The maximum absolute atomic E-state index is 12.4. The number of carbonyl (C=O) groups excluding carboxylic acids is 1. The molecule has 2 aliphatic heterocycles. The van der Waals surface area contributed by atoms with Crippen LogP contribution in [-0.4, -0.2) is 71.5 Å². The summed E-state index contributed by atoms with van der Waals surface area (Å²) in [5, 5.41) is 0.985. The smallest absolute Gasteiger partial charge is 0.237 e. The molecule has 0 radical (unpaired) electrons. The van der Waals surface area contributed by atoms with Crippen LogP contribution < -0.4 is 4.90 Å². The number of amides is 1. The number of anilines is 1. The fourth-order valence-electron chi connectivity index (χ4n) is 4.12. The van der Waals surface area contributed by atoms with Crippen molar-refractivity contribution in [3.63, 3.8) is 0 Å². The molecule has 2 saturated heterocycles. The maximum Gasteiger partial charge on any atom is 0.237 e. The van der Waals surface area contributed by atoms with Crippen molar-refractivity contribution < 1.29 is 4.79 Å². The second-order valence-corrected chi connectivity index (χ2v) is 8.93. The average molecular weight is 408 g/mol. The number of carbonyl (C=O) groups is 1. The molecule has 1 unspecified atom stereocenters. The number of aromatic nitrogens is 2. The number of pyridine rings is 1. The molecular weight excluding hydrogens is 382 g/mol. The quantitative estimate of drug-likeness (QED) is 0.783. The summed E-state index contributed by atoms with van der Waals surface area (Å²) >= 11 is 1.68. The predicted molar refractivity (Wildman–Crippen MR) is 118 cm³/mol. The minimum Gasteiger partial charge on any atom is -0.357 e. The second-order valence-electron chi connectivity index (χ2n) is 7.90. The number of hydrogen-bond acceptors (Lipinski definition) is 6. The number of likely N-dealkylation sites (N-methyl/N-ethyl adjacent to an activating group) is 1. The summed E-state index contributed by atoms with van der Waals surface area (Å²) in [5.74, 6) is 1.24. The molecular formula is C22H25N5OS. The first kappa shape index (κ1) is 18.5. The first-order valence-electron chi connectivity index (χ1n) is 10.2. The van der Waals surface area contributed by atoms with Gasteiger partial charge in [-0.15, -0.1) is 11.3 Å². The third-order valence-corrected chi connectivity index (χ3v) is 6.90. The van der Waals surface area contributed by atoms with Crippen molar-refractivity contribution in [3.05, 3.63) is 41.1 Å². The molecule has 3 aliphatic rings. The molecule has 1 aliphatic carbocycles. The monoisotopic (exact) mass is 407 g/mol. The number of thiazole rings is 1. The van der Waals surface area contributed by atoms with Crippen LogP contribution >= 0.6 is 11.3 Å². The van der Waals surface area contributed by atoms with Gasteiger partial charge < -0.3 is 9.80 Å². The summed E-state index contributed by atoms with van der Waals surface area (Å²) in [5.41, 5.74) is 2.02. The van der Waals surface area contributed by atoms with Crippen LogP contribution in [-0.2, 0) is 4.79 Å². The highest BCUT2D eigenvalue weighted by Crippen LogP contribution is 2.32. The molecule has 0 aromatic carbocycles. The van der Waals surface area contributed by atoms with E-state index >= 15 is 0 Å². The third-order valence-electron chi connectivity index (χ3n) is 5.81. The van der Waals surface area contributed by atoms with E-state index in [-0.39, 0.29) is 11.9 Å². The van der Waals surface area contributed by atoms with Gasteiger partial charge in [0.05, 0.1) is 23.2 Å². The Morgan fingerprint density at radius 2 is 1.90 bits per heavy atom. The van der Waals surface area contributed by atoms with Crippen molar-refractivity contribution in [2.24, 2.45) is 0 Å². The number of hydrogen-bond donors (Lipinski definition) is 0. The molecule has 7 heteroatoms. The van der Waals surface area contributed by atoms with Gasteiger partial charge in [-0.1, -0.05) is 12.2 Å². The van der Waals surface area contributed by atoms with E-state index < -0.39 is 0 Å². The second kappa shape index (κ2) is 7.72. The molecule has 0 N–H and O–H groups in total. The standard InChI is InChI=1S/C22H25N5OS/c1-25-12-13-27(21(28)15-25)17-5-7-18-19(8-6-17)29-22(24-18)16-4-9-20(23-14-16)26-10-2-3-11-26/h4-9,14,17H,2-3,10-13,15H2,1H3. The van der Waals surface area contributed by atoms with Crippen molar-refractivity contribution in [1.82, 2.24) is 19.8 Å². The van der Waals surface area contributed by atoms with Gasteiger partial charge >= 0.3 is 0 Å². The normalized spacial score (nSPS) is 22.2. The van der Waals surface area contributed by atoms with E-state index in [2.05, 4.69) is 51.2 Å². The molecule has 0 spiro atoms. The Morgan fingerprint density at radius 3 is 2.66 bits per heavy atom. The van der Waals surface area contributed by atoms with Crippen LogP contribution in [0.15, 0.2) is 30.5 Å². The van der Waals surface area contributed by atoms with Gasteiger partial charge in [0.2, 0.25) is 5.91 Å². The molecule has 0 bridgehead atoms. The van der Waals surface area contributed by atoms with Crippen LogP contribution in [0, 0.1) is 0 Å². The molecule has 2 fully saturated rings. The minimum atomic E-state index is 0.00228. The highest BCUT2D eigenvalue weighted by atomic mass is 32.1. The lowest BCUT2D eigenvalue weighted by Gasteiger charge is -2.35. The molecule has 6 nitrogen and oxygen atoms in total. The van der Waals surface area contributed by atoms with Gasteiger partial charge in [-0.3, -0.25) is 9.69 Å². The fourth-order valence-corrected chi connectivity index (χ4v) is 5.07. The first-order valence-corrected chi connectivity index (χ1v) is 11.1. The van der Waals surface area contributed by atoms with Gasteiger partial charge in [0.25, 0.3) is 0 Å². The Kier molecular flexibility index (Phi) is 4.93. The lowest BCUT2D eigenvalue weighted by molar-refractivity contribution is -0.136. The zero-order valence-corrected chi connectivity index (χ0v) is 17.4. The number of nitrogens with zero attached hydrogens (tertiary/aromatic N) is 5. The van der Waals surface area contributed by atoms with E-state index in [0.717, 1.165) is 53.1 Å². The summed E-state index contributed by atoms with van der Waals surface area (Å²) in [4.78, 5) is 29.4. The highest BCUT2D eigenvalue weighted by molar-refractivity contribution is 7.16. The SMILES string of the molecule is CN1CCN(C2C=Cc3nc(-c4ccc(N5CCCC5)nc4)sc3C=C2)C(=O)C1.